The fraction of sp³-hybridized carbons (Fsp3) is 0.500. The summed E-state index contributed by atoms with van der Waals surface area (Å²) in [5.41, 5.74) is 1.09. The normalized spacial score (nSPS) is 21.9. The average molecular weight is 278 g/mol. The summed E-state index contributed by atoms with van der Waals surface area (Å²) in [5.74, 6) is -0.700. The number of methoxy groups -OCH3 is 2. The molecule has 0 saturated carbocycles. The minimum atomic E-state index is -0.611. The quantitative estimate of drug-likeness (QED) is 0.765. The van der Waals surface area contributed by atoms with Crippen LogP contribution in [-0.4, -0.2) is 54.7 Å². The highest BCUT2D eigenvalue weighted by atomic mass is 16.5. The highest BCUT2D eigenvalue weighted by Crippen LogP contribution is 2.23. The summed E-state index contributed by atoms with van der Waals surface area (Å²) < 4.78 is 10.0. The molecule has 6 nitrogen and oxygen atoms in total. The van der Waals surface area contributed by atoms with Crippen LogP contribution in [0.15, 0.2) is 18.2 Å². The molecule has 0 bridgehead atoms. The van der Waals surface area contributed by atoms with Crippen LogP contribution in [0.3, 0.4) is 0 Å². The van der Waals surface area contributed by atoms with Crippen molar-refractivity contribution in [1.82, 2.24) is 9.88 Å². The van der Waals surface area contributed by atoms with E-state index >= 15 is 0 Å². The molecule has 20 heavy (non-hydrogen) atoms. The van der Waals surface area contributed by atoms with Crippen LogP contribution in [0.25, 0.3) is 0 Å². The number of carbonyl (C=O) groups is 2. The molecule has 2 heterocycles. The summed E-state index contributed by atoms with van der Waals surface area (Å²) in [7, 11) is 2.88. The predicted octanol–water partition coefficient (Wildman–Crippen LogP) is 0.793. The van der Waals surface area contributed by atoms with Gasteiger partial charge in [-0.15, -0.1) is 0 Å². The number of hydrogen-bond donors (Lipinski definition) is 0. The van der Waals surface area contributed by atoms with E-state index in [4.69, 9.17) is 9.47 Å². The minimum absolute atomic E-state index is 0.159. The van der Waals surface area contributed by atoms with Crippen LogP contribution in [0.2, 0.25) is 0 Å². The maximum absolute atomic E-state index is 12.5. The zero-order chi connectivity index (χ0) is 14.7. The molecule has 0 radical (unpaired) electrons. The van der Waals surface area contributed by atoms with Crippen molar-refractivity contribution in [2.24, 2.45) is 0 Å². The Kier molecular flexibility index (Phi) is 4.34. The van der Waals surface area contributed by atoms with Gasteiger partial charge in [-0.3, -0.25) is 4.79 Å². The first-order valence-corrected chi connectivity index (χ1v) is 6.42. The van der Waals surface area contributed by atoms with Crippen LogP contribution >= 0.6 is 0 Å². The molecule has 1 saturated heterocycles. The molecule has 1 aliphatic heterocycles. The molecule has 108 valence electrons. The van der Waals surface area contributed by atoms with Gasteiger partial charge in [0.25, 0.3) is 5.91 Å². The molecular weight excluding hydrogens is 260 g/mol. The van der Waals surface area contributed by atoms with E-state index in [2.05, 4.69) is 4.98 Å². The van der Waals surface area contributed by atoms with Gasteiger partial charge in [0.05, 0.1) is 13.2 Å². The molecule has 1 fully saturated rings. The van der Waals surface area contributed by atoms with Crippen molar-refractivity contribution in [3.05, 3.63) is 29.6 Å². The molecule has 2 atom stereocenters. The van der Waals surface area contributed by atoms with Crippen molar-refractivity contribution in [3.8, 4) is 0 Å². The number of amides is 1. The molecule has 6 heteroatoms. The Morgan fingerprint density at radius 3 is 2.70 bits per heavy atom. The molecule has 0 aromatic carbocycles. The van der Waals surface area contributed by atoms with Gasteiger partial charge in [0.1, 0.15) is 11.7 Å². The van der Waals surface area contributed by atoms with Gasteiger partial charge in [0.15, 0.2) is 0 Å². The van der Waals surface area contributed by atoms with Crippen molar-refractivity contribution in [2.45, 2.75) is 25.5 Å². The zero-order valence-corrected chi connectivity index (χ0v) is 11.8. The Morgan fingerprint density at radius 1 is 1.35 bits per heavy atom. The lowest BCUT2D eigenvalue weighted by Gasteiger charge is -2.22. The zero-order valence-electron chi connectivity index (χ0n) is 11.8. The van der Waals surface area contributed by atoms with Crippen molar-refractivity contribution in [1.29, 1.82) is 0 Å². The maximum Gasteiger partial charge on any atom is 0.328 e. The van der Waals surface area contributed by atoms with E-state index < -0.39 is 12.0 Å². The summed E-state index contributed by atoms with van der Waals surface area (Å²) in [6, 6.07) is 4.62. The van der Waals surface area contributed by atoms with Crippen LogP contribution in [0.4, 0.5) is 0 Å². The number of aromatic nitrogens is 1. The second kappa shape index (κ2) is 6.00. The van der Waals surface area contributed by atoms with E-state index in [0.717, 1.165) is 5.69 Å². The van der Waals surface area contributed by atoms with Crippen LogP contribution in [-0.2, 0) is 14.3 Å². The Labute approximate surface area is 117 Å². The van der Waals surface area contributed by atoms with E-state index in [1.807, 2.05) is 13.0 Å². The number of esters is 1. The van der Waals surface area contributed by atoms with E-state index in [1.54, 1.807) is 19.2 Å². The molecule has 2 unspecified atom stereocenters. The van der Waals surface area contributed by atoms with Gasteiger partial charge in [-0.25, -0.2) is 9.78 Å². The molecule has 0 N–H and O–H groups in total. The van der Waals surface area contributed by atoms with Crippen molar-refractivity contribution >= 4 is 11.9 Å². The first-order chi connectivity index (χ1) is 9.56. The standard InChI is InChI=1S/C14H18N2O4/c1-9-5-4-6-11(15-9)13(17)16-8-10(19-2)7-12(16)14(18)20-3/h4-6,10,12H,7-8H2,1-3H3. The second-order valence-corrected chi connectivity index (χ2v) is 4.75. The summed E-state index contributed by atoms with van der Waals surface area (Å²) in [5, 5.41) is 0. The van der Waals surface area contributed by atoms with Gasteiger partial charge in [0.2, 0.25) is 0 Å². The van der Waals surface area contributed by atoms with Crippen LogP contribution < -0.4 is 0 Å². The highest BCUT2D eigenvalue weighted by molar-refractivity contribution is 5.95. The summed E-state index contributed by atoms with van der Waals surface area (Å²) in [6.45, 7) is 2.18. The van der Waals surface area contributed by atoms with Gasteiger partial charge in [0, 0.05) is 25.8 Å². The molecular formula is C14H18N2O4. The Hall–Kier alpha value is -1.95. The third kappa shape index (κ3) is 2.80. The smallest absolute Gasteiger partial charge is 0.328 e. The van der Waals surface area contributed by atoms with Gasteiger partial charge < -0.3 is 14.4 Å². The third-order valence-corrected chi connectivity index (χ3v) is 3.44. The first-order valence-electron chi connectivity index (χ1n) is 6.42. The lowest BCUT2D eigenvalue weighted by atomic mass is 10.2. The van der Waals surface area contributed by atoms with E-state index in [-0.39, 0.29) is 12.0 Å². The number of hydrogen-bond acceptors (Lipinski definition) is 5. The predicted molar refractivity (Wildman–Crippen MR) is 71.2 cm³/mol. The van der Waals surface area contributed by atoms with E-state index in [1.165, 1.54) is 12.0 Å². The fourth-order valence-corrected chi connectivity index (χ4v) is 2.36. The van der Waals surface area contributed by atoms with Crippen LogP contribution in [0, 0.1) is 6.92 Å². The number of ether oxygens (including phenoxy) is 2. The topological polar surface area (TPSA) is 68.7 Å². The van der Waals surface area contributed by atoms with Crippen LogP contribution in [0.5, 0.6) is 0 Å². The molecule has 1 amide bonds. The fourth-order valence-electron chi connectivity index (χ4n) is 2.36. The second-order valence-electron chi connectivity index (χ2n) is 4.75. The Balaban J connectivity index is 2.24. The van der Waals surface area contributed by atoms with Gasteiger partial charge >= 0.3 is 5.97 Å². The van der Waals surface area contributed by atoms with Gasteiger partial charge in [-0.2, -0.15) is 0 Å². The molecule has 1 aliphatic rings. The Morgan fingerprint density at radius 2 is 2.10 bits per heavy atom. The van der Waals surface area contributed by atoms with E-state index in [0.29, 0.717) is 18.7 Å². The number of carbonyl (C=O) groups excluding carboxylic acids is 2. The summed E-state index contributed by atoms with van der Waals surface area (Å²) in [6.07, 6.45) is 0.286. The molecule has 2 rings (SSSR count). The lowest BCUT2D eigenvalue weighted by Crippen LogP contribution is -2.41. The molecule has 0 aliphatic carbocycles. The SMILES string of the molecule is COC(=O)C1CC(OC)CN1C(=O)c1cccc(C)n1. The number of aryl methyl sites for hydroxylation is 1. The molecule has 0 spiro atoms. The van der Waals surface area contributed by atoms with Crippen molar-refractivity contribution in [3.63, 3.8) is 0 Å². The Bertz CT molecular complexity index is 518. The number of nitrogens with zero attached hydrogens (tertiary/aromatic N) is 2. The average Bonchev–Trinajstić information content (AvgIpc) is 2.90. The maximum atomic E-state index is 12.5. The first kappa shape index (κ1) is 14.5. The number of likely N-dealkylation sites (tertiary alicyclic amines) is 1. The largest absolute Gasteiger partial charge is 0.467 e. The number of pyridine rings is 1. The summed E-state index contributed by atoms with van der Waals surface area (Å²) in [4.78, 5) is 30.0. The van der Waals surface area contributed by atoms with Crippen molar-refractivity contribution < 1.29 is 19.1 Å². The molecule has 1 aromatic rings. The number of rotatable bonds is 3. The lowest BCUT2D eigenvalue weighted by molar-refractivity contribution is -0.145. The van der Waals surface area contributed by atoms with Gasteiger partial charge in [-0.05, 0) is 19.1 Å². The van der Waals surface area contributed by atoms with Gasteiger partial charge in [-0.1, -0.05) is 6.07 Å². The van der Waals surface area contributed by atoms with E-state index in [9.17, 15) is 9.59 Å². The highest BCUT2D eigenvalue weighted by Gasteiger charge is 2.41. The van der Waals surface area contributed by atoms with Crippen molar-refractivity contribution in [2.75, 3.05) is 20.8 Å². The third-order valence-electron chi connectivity index (χ3n) is 3.44. The summed E-state index contributed by atoms with van der Waals surface area (Å²) >= 11 is 0. The minimum Gasteiger partial charge on any atom is -0.467 e. The molecule has 1 aromatic heterocycles. The monoisotopic (exact) mass is 278 g/mol. The van der Waals surface area contributed by atoms with Crippen LogP contribution in [0.1, 0.15) is 22.6 Å².